The third-order valence-electron chi connectivity index (χ3n) is 2.33. The second kappa shape index (κ2) is 5.09. The summed E-state index contributed by atoms with van der Waals surface area (Å²) in [5.74, 6) is 1.27. The van der Waals surface area contributed by atoms with Crippen molar-refractivity contribution in [1.29, 1.82) is 0 Å². The Morgan fingerprint density at radius 3 is 3.06 bits per heavy atom. The van der Waals surface area contributed by atoms with Crippen LogP contribution in [0.25, 0.3) is 0 Å². The van der Waals surface area contributed by atoms with Crippen LogP contribution in [-0.2, 0) is 11.2 Å². The van der Waals surface area contributed by atoms with Crippen LogP contribution in [0.5, 0.6) is 5.75 Å². The number of rotatable bonds is 4. The van der Waals surface area contributed by atoms with E-state index in [4.69, 9.17) is 9.26 Å². The van der Waals surface area contributed by atoms with Gasteiger partial charge in [-0.05, 0) is 6.07 Å². The highest BCUT2D eigenvalue weighted by Crippen LogP contribution is 2.25. The molecule has 0 aliphatic carbocycles. The maximum atomic E-state index is 10.2. The molecule has 2 aromatic rings. The summed E-state index contributed by atoms with van der Waals surface area (Å²) in [5, 5.41) is 3.60. The molecule has 0 saturated carbocycles. The van der Waals surface area contributed by atoms with E-state index in [1.165, 1.54) is 12.3 Å². The lowest BCUT2D eigenvalue weighted by Gasteiger charge is -2.05. The molecule has 0 spiro atoms. The van der Waals surface area contributed by atoms with Gasteiger partial charge in [-0.3, -0.25) is 0 Å². The standard InChI is InChI=1S/C12H10N2O3/c1-16-11-5-3-2-4-9(11)6-12-10(13-8-15)7-14-17-12/h2-5,7H,6H2,1H3. The highest BCUT2D eigenvalue weighted by molar-refractivity contribution is 5.51. The SMILES string of the molecule is COc1ccccc1Cc1oncc1N=C=O. The highest BCUT2D eigenvalue weighted by Gasteiger charge is 2.11. The van der Waals surface area contributed by atoms with Crippen LogP contribution in [0.1, 0.15) is 11.3 Å². The lowest BCUT2D eigenvalue weighted by atomic mass is 10.1. The van der Waals surface area contributed by atoms with Crippen molar-refractivity contribution in [2.24, 2.45) is 4.99 Å². The van der Waals surface area contributed by atoms with Crippen molar-refractivity contribution >= 4 is 11.8 Å². The smallest absolute Gasteiger partial charge is 0.240 e. The van der Waals surface area contributed by atoms with Crippen molar-refractivity contribution < 1.29 is 14.1 Å². The molecule has 0 N–H and O–H groups in total. The normalized spacial score (nSPS) is 9.71. The number of hydrogen-bond donors (Lipinski definition) is 0. The van der Waals surface area contributed by atoms with E-state index in [1.54, 1.807) is 7.11 Å². The Morgan fingerprint density at radius 1 is 1.47 bits per heavy atom. The molecular formula is C12H10N2O3. The van der Waals surface area contributed by atoms with Crippen LogP contribution in [0, 0.1) is 0 Å². The molecule has 0 bridgehead atoms. The van der Waals surface area contributed by atoms with Crippen LogP contribution >= 0.6 is 0 Å². The average molecular weight is 230 g/mol. The lowest BCUT2D eigenvalue weighted by molar-refractivity contribution is 0.383. The van der Waals surface area contributed by atoms with Gasteiger partial charge in [-0.1, -0.05) is 23.4 Å². The third kappa shape index (κ3) is 2.41. The maximum Gasteiger partial charge on any atom is 0.240 e. The number of hydrogen-bond acceptors (Lipinski definition) is 5. The number of methoxy groups -OCH3 is 1. The third-order valence-corrected chi connectivity index (χ3v) is 2.33. The van der Waals surface area contributed by atoms with Gasteiger partial charge < -0.3 is 9.26 Å². The molecule has 1 aromatic carbocycles. The lowest BCUT2D eigenvalue weighted by Crippen LogP contribution is -1.92. The van der Waals surface area contributed by atoms with E-state index in [2.05, 4.69) is 10.1 Å². The van der Waals surface area contributed by atoms with E-state index in [0.29, 0.717) is 17.9 Å². The van der Waals surface area contributed by atoms with Gasteiger partial charge in [0, 0.05) is 12.0 Å². The molecule has 0 aliphatic heterocycles. The minimum atomic E-state index is 0.394. The fraction of sp³-hybridized carbons (Fsp3) is 0.167. The minimum Gasteiger partial charge on any atom is -0.496 e. The van der Waals surface area contributed by atoms with Gasteiger partial charge in [-0.15, -0.1) is 0 Å². The molecular weight excluding hydrogens is 220 g/mol. The molecule has 17 heavy (non-hydrogen) atoms. The highest BCUT2D eigenvalue weighted by atomic mass is 16.5. The van der Waals surface area contributed by atoms with Gasteiger partial charge >= 0.3 is 0 Å². The van der Waals surface area contributed by atoms with Gasteiger partial charge in [0.05, 0.1) is 13.3 Å². The number of carbonyl (C=O) groups excluding carboxylic acids is 1. The first-order chi connectivity index (χ1) is 8.35. The number of aliphatic imine (C=N–C) groups is 1. The summed E-state index contributed by atoms with van der Waals surface area (Å²) < 4.78 is 10.3. The topological polar surface area (TPSA) is 64.7 Å². The van der Waals surface area contributed by atoms with Crippen molar-refractivity contribution in [2.45, 2.75) is 6.42 Å². The van der Waals surface area contributed by atoms with Crippen molar-refractivity contribution in [3.8, 4) is 5.75 Å². The van der Waals surface area contributed by atoms with Crippen molar-refractivity contribution in [3.63, 3.8) is 0 Å². The Hall–Kier alpha value is -2.39. The second-order valence-corrected chi connectivity index (χ2v) is 3.33. The average Bonchev–Trinajstić information content (AvgIpc) is 2.78. The predicted octanol–water partition coefficient (Wildman–Crippen LogP) is 2.24. The Balaban J connectivity index is 2.31. The zero-order chi connectivity index (χ0) is 12.1. The molecule has 86 valence electrons. The summed E-state index contributed by atoms with van der Waals surface area (Å²) in [7, 11) is 1.60. The van der Waals surface area contributed by atoms with E-state index in [0.717, 1.165) is 11.3 Å². The minimum absolute atomic E-state index is 0.394. The van der Waals surface area contributed by atoms with E-state index >= 15 is 0 Å². The molecule has 1 aromatic heterocycles. The second-order valence-electron chi connectivity index (χ2n) is 3.33. The Morgan fingerprint density at radius 2 is 2.29 bits per heavy atom. The number of ether oxygens (including phenoxy) is 1. The van der Waals surface area contributed by atoms with Crippen LogP contribution in [-0.4, -0.2) is 18.3 Å². The molecule has 1 heterocycles. The summed E-state index contributed by atoms with van der Waals surface area (Å²) in [4.78, 5) is 13.7. The van der Waals surface area contributed by atoms with Gasteiger partial charge in [0.2, 0.25) is 6.08 Å². The molecule has 0 atom stereocenters. The van der Waals surface area contributed by atoms with Gasteiger partial charge in [-0.2, -0.15) is 4.99 Å². The fourth-order valence-corrected chi connectivity index (χ4v) is 1.54. The van der Waals surface area contributed by atoms with E-state index in [9.17, 15) is 4.79 Å². The fourth-order valence-electron chi connectivity index (χ4n) is 1.54. The summed E-state index contributed by atoms with van der Waals surface area (Å²) in [6, 6.07) is 7.55. The van der Waals surface area contributed by atoms with E-state index < -0.39 is 0 Å². The molecule has 0 radical (unpaired) electrons. The molecule has 5 nitrogen and oxygen atoms in total. The molecule has 0 aliphatic rings. The van der Waals surface area contributed by atoms with Crippen LogP contribution in [0.4, 0.5) is 5.69 Å². The zero-order valence-electron chi connectivity index (χ0n) is 9.21. The van der Waals surface area contributed by atoms with Crippen LogP contribution < -0.4 is 4.74 Å². The largest absolute Gasteiger partial charge is 0.496 e. The monoisotopic (exact) mass is 230 g/mol. The van der Waals surface area contributed by atoms with Gasteiger partial charge in [-0.25, -0.2) is 4.79 Å². The van der Waals surface area contributed by atoms with Crippen molar-refractivity contribution in [1.82, 2.24) is 5.16 Å². The van der Waals surface area contributed by atoms with Gasteiger partial charge in [0.25, 0.3) is 0 Å². The van der Waals surface area contributed by atoms with Crippen LogP contribution in [0.15, 0.2) is 40.0 Å². The van der Waals surface area contributed by atoms with Gasteiger partial charge in [0.15, 0.2) is 5.76 Å². The van der Waals surface area contributed by atoms with E-state index in [-0.39, 0.29) is 0 Å². The Kier molecular flexibility index (Phi) is 3.33. The number of para-hydroxylation sites is 1. The first-order valence-electron chi connectivity index (χ1n) is 4.98. The summed E-state index contributed by atoms with van der Waals surface area (Å²) >= 11 is 0. The molecule has 2 rings (SSSR count). The summed E-state index contributed by atoms with van der Waals surface area (Å²) in [5.41, 5.74) is 1.33. The molecule has 0 saturated heterocycles. The van der Waals surface area contributed by atoms with Crippen molar-refractivity contribution in [2.75, 3.05) is 7.11 Å². The summed E-state index contributed by atoms with van der Waals surface area (Å²) in [6.07, 6.45) is 3.32. The number of benzene rings is 1. The number of aromatic nitrogens is 1. The summed E-state index contributed by atoms with van der Waals surface area (Å²) in [6.45, 7) is 0. The molecule has 0 unspecified atom stereocenters. The Labute approximate surface area is 97.7 Å². The van der Waals surface area contributed by atoms with Crippen molar-refractivity contribution in [3.05, 3.63) is 41.8 Å². The number of nitrogens with zero attached hydrogens (tertiary/aromatic N) is 2. The first-order valence-corrected chi connectivity index (χ1v) is 4.98. The number of isocyanates is 1. The molecule has 0 fully saturated rings. The zero-order valence-corrected chi connectivity index (χ0v) is 9.21. The molecule has 0 amide bonds. The predicted molar refractivity (Wildman–Crippen MR) is 60.1 cm³/mol. The quantitative estimate of drug-likeness (QED) is 0.596. The Bertz CT molecular complexity index is 556. The first kappa shape index (κ1) is 11.1. The maximum absolute atomic E-state index is 10.2. The van der Waals surface area contributed by atoms with Crippen LogP contribution in [0.3, 0.4) is 0 Å². The van der Waals surface area contributed by atoms with Gasteiger partial charge in [0.1, 0.15) is 11.4 Å². The van der Waals surface area contributed by atoms with E-state index in [1.807, 2.05) is 24.3 Å². The van der Waals surface area contributed by atoms with Crippen LogP contribution in [0.2, 0.25) is 0 Å². The molecule has 5 heteroatoms.